The Morgan fingerprint density at radius 1 is 1.05 bits per heavy atom. The molecule has 0 saturated heterocycles. The third-order valence-electron chi connectivity index (χ3n) is 3.11. The molecule has 0 radical (unpaired) electrons. The minimum Gasteiger partial charge on any atom is -0.377 e. The zero-order valence-corrected chi connectivity index (χ0v) is 12.3. The summed E-state index contributed by atoms with van der Waals surface area (Å²) in [6, 6.07) is 16.5. The van der Waals surface area contributed by atoms with Crippen LogP contribution in [0.25, 0.3) is 0 Å². The molecule has 2 aromatic rings. The van der Waals surface area contributed by atoms with Crippen molar-refractivity contribution in [1.29, 1.82) is 0 Å². The van der Waals surface area contributed by atoms with Crippen molar-refractivity contribution < 1.29 is 0 Å². The van der Waals surface area contributed by atoms with Gasteiger partial charge in [0.15, 0.2) is 0 Å². The molecule has 2 aromatic carbocycles. The lowest BCUT2D eigenvalue weighted by Crippen LogP contribution is -2.14. The normalized spacial score (nSPS) is 12.0. The smallest absolute Gasteiger partial charge is 0.0596 e. The van der Waals surface area contributed by atoms with Crippen molar-refractivity contribution in [2.45, 2.75) is 13.0 Å². The molecule has 2 nitrogen and oxygen atoms in total. The largest absolute Gasteiger partial charge is 0.377 e. The summed E-state index contributed by atoms with van der Waals surface area (Å²) < 4.78 is 0. The summed E-state index contributed by atoms with van der Waals surface area (Å²) in [6.45, 7) is 2.14. The summed E-state index contributed by atoms with van der Waals surface area (Å²) in [7, 11) is 4.09. The van der Waals surface area contributed by atoms with Crippen LogP contribution in [-0.2, 0) is 0 Å². The van der Waals surface area contributed by atoms with Crippen LogP contribution >= 0.6 is 11.6 Å². The Morgan fingerprint density at radius 3 is 2.47 bits per heavy atom. The molecule has 0 amide bonds. The maximum atomic E-state index is 6.04. The van der Waals surface area contributed by atoms with Crippen molar-refractivity contribution in [3.8, 4) is 0 Å². The molecular weight excluding hydrogens is 256 g/mol. The Balaban J connectivity index is 2.22. The van der Waals surface area contributed by atoms with Gasteiger partial charge in [-0.1, -0.05) is 35.9 Å². The van der Waals surface area contributed by atoms with Gasteiger partial charge in [0.1, 0.15) is 0 Å². The summed E-state index contributed by atoms with van der Waals surface area (Å²) in [5.41, 5.74) is 3.48. The Kier molecular flexibility index (Phi) is 4.33. The molecule has 0 spiro atoms. The summed E-state index contributed by atoms with van der Waals surface area (Å²) >= 11 is 6.04. The van der Waals surface area contributed by atoms with E-state index in [-0.39, 0.29) is 6.04 Å². The molecular formula is C16H19ClN2. The third kappa shape index (κ3) is 3.42. The van der Waals surface area contributed by atoms with E-state index < -0.39 is 0 Å². The van der Waals surface area contributed by atoms with Crippen molar-refractivity contribution in [1.82, 2.24) is 0 Å². The lowest BCUT2D eigenvalue weighted by atomic mass is 10.1. The molecule has 2 rings (SSSR count). The first kappa shape index (κ1) is 13.8. The average molecular weight is 275 g/mol. The number of para-hydroxylation sites is 2. The van der Waals surface area contributed by atoms with E-state index >= 15 is 0 Å². The van der Waals surface area contributed by atoms with E-state index in [1.165, 1.54) is 11.3 Å². The fourth-order valence-corrected chi connectivity index (χ4v) is 2.28. The van der Waals surface area contributed by atoms with Crippen LogP contribution in [0.2, 0.25) is 5.02 Å². The van der Waals surface area contributed by atoms with E-state index in [9.17, 15) is 0 Å². The molecule has 0 aromatic heterocycles. The van der Waals surface area contributed by atoms with Crippen LogP contribution in [0.5, 0.6) is 0 Å². The maximum Gasteiger partial charge on any atom is 0.0596 e. The second-order valence-corrected chi connectivity index (χ2v) is 5.27. The molecule has 19 heavy (non-hydrogen) atoms. The van der Waals surface area contributed by atoms with Gasteiger partial charge in [0.2, 0.25) is 0 Å². The molecule has 1 unspecified atom stereocenters. The second-order valence-electron chi connectivity index (χ2n) is 4.83. The Hall–Kier alpha value is -1.67. The van der Waals surface area contributed by atoms with Crippen molar-refractivity contribution in [2.75, 3.05) is 24.3 Å². The third-order valence-corrected chi connectivity index (χ3v) is 3.34. The van der Waals surface area contributed by atoms with Crippen LogP contribution < -0.4 is 10.2 Å². The van der Waals surface area contributed by atoms with Crippen molar-refractivity contribution in [3.05, 3.63) is 59.1 Å². The molecule has 1 atom stereocenters. The Labute approximate surface area is 120 Å². The molecule has 100 valence electrons. The minimum absolute atomic E-state index is 0.208. The Bertz CT molecular complexity index is 552. The molecule has 3 heteroatoms. The highest BCUT2D eigenvalue weighted by Gasteiger charge is 2.09. The monoisotopic (exact) mass is 274 g/mol. The number of benzene rings is 2. The van der Waals surface area contributed by atoms with Gasteiger partial charge in [-0.25, -0.2) is 0 Å². The van der Waals surface area contributed by atoms with E-state index in [1.54, 1.807) is 0 Å². The summed E-state index contributed by atoms with van der Waals surface area (Å²) in [5, 5.41) is 4.31. The molecule has 0 saturated carbocycles. The van der Waals surface area contributed by atoms with Crippen LogP contribution in [0.1, 0.15) is 18.5 Å². The average Bonchev–Trinajstić information content (AvgIpc) is 2.39. The second kappa shape index (κ2) is 5.98. The fraction of sp³-hybridized carbons (Fsp3) is 0.250. The molecule has 0 fully saturated rings. The standard InChI is InChI=1S/C16H19ClN2/c1-12(13-7-6-8-14(17)11-13)18-15-9-4-5-10-16(15)19(2)3/h4-12,18H,1-3H3. The van der Waals surface area contributed by atoms with E-state index in [4.69, 9.17) is 11.6 Å². The van der Waals surface area contributed by atoms with E-state index in [0.717, 1.165) is 10.7 Å². The van der Waals surface area contributed by atoms with Gasteiger partial charge >= 0.3 is 0 Å². The van der Waals surface area contributed by atoms with Gasteiger partial charge in [-0.2, -0.15) is 0 Å². The van der Waals surface area contributed by atoms with Gasteiger partial charge in [-0.05, 0) is 36.8 Å². The van der Waals surface area contributed by atoms with E-state index in [0.29, 0.717) is 0 Å². The van der Waals surface area contributed by atoms with Crippen LogP contribution in [0, 0.1) is 0 Å². The van der Waals surface area contributed by atoms with E-state index in [2.05, 4.69) is 35.3 Å². The SMILES string of the molecule is CC(Nc1ccccc1N(C)C)c1cccc(Cl)c1. The van der Waals surface area contributed by atoms with Gasteiger partial charge < -0.3 is 10.2 Å². The number of halogens is 1. The lowest BCUT2D eigenvalue weighted by Gasteiger charge is -2.22. The first-order valence-corrected chi connectivity index (χ1v) is 6.74. The Morgan fingerprint density at radius 2 is 1.79 bits per heavy atom. The molecule has 0 aliphatic carbocycles. The van der Waals surface area contributed by atoms with Crippen LogP contribution in [-0.4, -0.2) is 14.1 Å². The number of rotatable bonds is 4. The molecule has 0 heterocycles. The van der Waals surface area contributed by atoms with Crippen LogP contribution in [0.15, 0.2) is 48.5 Å². The maximum absolute atomic E-state index is 6.04. The molecule has 0 bridgehead atoms. The zero-order valence-electron chi connectivity index (χ0n) is 11.5. The number of anilines is 2. The zero-order chi connectivity index (χ0) is 13.8. The van der Waals surface area contributed by atoms with Gasteiger partial charge in [-0.3, -0.25) is 0 Å². The first-order chi connectivity index (χ1) is 9.08. The summed E-state index contributed by atoms with van der Waals surface area (Å²) in [5.74, 6) is 0. The summed E-state index contributed by atoms with van der Waals surface area (Å²) in [4.78, 5) is 2.10. The van der Waals surface area contributed by atoms with Gasteiger partial charge in [0.05, 0.1) is 11.4 Å². The lowest BCUT2D eigenvalue weighted by molar-refractivity contribution is 0.883. The highest BCUT2D eigenvalue weighted by Crippen LogP contribution is 2.28. The molecule has 0 aliphatic heterocycles. The van der Waals surface area contributed by atoms with Crippen molar-refractivity contribution in [3.63, 3.8) is 0 Å². The molecule has 0 aliphatic rings. The predicted molar refractivity (Wildman–Crippen MR) is 84.3 cm³/mol. The van der Waals surface area contributed by atoms with Gasteiger partial charge in [0.25, 0.3) is 0 Å². The highest BCUT2D eigenvalue weighted by molar-refractivity contribution is 6.30. The van der Waals surface area contributed by atoms with Gasteiger partial charge in [-0.15, -0.1) is 0 Å². The highest BCUT2D eigenvalue weighted by atomic mass is 35.5. The number of nitrogens with one attached hydrogen (secondary N) is 1. The summed E-state index contributed by atoms with van der Waals surface area (Å²) in [6.07, 6.45) is 0. The van der Waals surface area contributed by atoms with Gasteiger partial charge in [0, 0.05) is 25.2 Å². The van der Waals surface area contributed by atoms with Crippen LogP contribution in [0.4, 0.5) is 11.4 Å². The van der Waals surface area contributed by atoms with E-state index in [1.807, 2.05) is 44.4 Å². The number of hydrogen-bond donors (Lipinski definition) is 1. The first-order valence-electron chi connectivity index (χ1n) is 6.36. The predicted octanol–water partition coefficient (Wildman–Crippen LogP) is 4.58. The quantitative estimate of drug-likeness (QED) is 0.878. The topological polar surface area (TPSA) is 15.3 Å². The number of nitrogens with zero attached hydrogens (tertiary/aromatic N) is 1. The minimum atomic E-state index is 0.208. The molecule has 1 N–H and O–H groups in total. The van der Waals surface area contributed by atoms with Crippen molar-refractivity contribution >= 4 is 23.0 Å². The van der Waals surface area contributed by atoms with Crippen LogP contribution in [0.3, 0.4) is 0 Å². The fourth-order valence-electron chi connectivity index (χ4n) is 2.08. The van der Waals surface area contributed by atoms with Crippen molar-refractivity contribution in [2.24, 2.45) is 0 Å². The number of hydrogen-bond acceptors (Lipinski definition) is 2.